The van der Waals surface area contributed by atoms with Crippen LogP contribution in [-0.4, -0.2) is 34.6 Å². The summed E-state index contributed by atoms with van der Waals surface area (Å²) in [6, 6.07) is 9.17. The monoisotopic (exact) mass is 348 g/mol. The Morgan fingerprint density at radius 2 is 2.00 bits per heavy atom. The molecule has 1 unspecified atom stereocenters. The van der Waals surface area contributed by atoms with Crippen LogP contribution >= 0.6 is 11.3 Å². The molecule has 24 heavy (non-hydrogen) atoms. The minimum atomic E-state index is -1.41. The van der Waals surface area contributed by atoms with Crippen molar-refractivity contribution in [3.8, 4) is 0 Å². The summed E-state index contributed by atoms with van der Waals surface area (Å²) in [5.74, 6) is -0.999. The van der Waals surface area contributed by atoms with Crippen molar-refractivity contribution < 1.29 is 19.4 Å². The van der Waals surface area contributed by atoms with Crippen molar-refractivity contribution in [2.24, 2.45) is 0 Å². The molecular weight excluding hydrogens is 328 g/mol. The van der Waals surface area contributed by atoms with Crippen LogP contribution in [0.1, 0.15) is 40.7 Å². The molecule has 0 aliphatic rings. The number of hydrogen-bond donors (Lipinski definition) is 2. The molecule has 1 heterocycles. The van der Waals surface area contributed by atoms with E-state index in [1.165, 1.54) is 11.3 Å². The van der Waals surface area contributed by atoms with Crippen LogP contribution in [-0.2, 0) is 16.1 Å². The lowest BCUT2D eigenvalue weighted by molar-refractivity contribution is -0.154. The summed E-state index contributed by atoms with van der Waals surface area (Å²) >= 11 is 1.23. The summed E-state index contributed by atoms with van der Waals surface area (Å²) in [7, 11) is 0. The fourth-order valence-electron chi connectivity index (χ4n) is 2.01. The zero-order valence-electron chi connectivity index (χ0n) is 13.6. The Labute approximate surface area is 144 Å². The fraction of sp³-hybridized carbons (Fsp3) is 0.353. The predicted octanol–water partition coefficient (Wildman–Crippen LogP) is 2.10. The largest absolute Gasteiger partial charge is 0.459 e. The number of thiazole rings is 1. The summed E-state index contributed by atoms with van der Waals surface area (Å²) in [5.41, 5.74) is 3.14. The minimum absolute atomic E-state index is 0.0804. The molecule has 1 aromatic heterocycles. The van der Waals surface area contributed by atoms with Gasteiger partial charge in [-0.25, -0.2) is 9.78 Å². The number of carbonyl (C=O) groups is 2. The van der Waals surface area contributed by atoms with Gasteiger partial charge in [0.1, 0.15) is 11.5 Å². The quantitative estimate of drug-likeness (QED) is 0.748. The Morgan fingerprint density at radius 3 is 2.67 bits per heavy atom. The van der Waals surface area contributed by atoms with Crippen LogP contribution in [0.4, 0.5) is 0 Å². The van der Waals surface area contributed by atoms with Gasteiger partial charge in [0.05, 0.1) is 17.7 Å². The lowest BCUT2D eigenvalue weighted by Crippen LogP contribution is -2.37. The van der Waals surface area contributed by atoms with Gasteiger partial charge in [-0.1, -0.05) is 44.2 Å². The fourth-order valence-corrected chi connectivity index (χ4v) is 2.87. The Hall–Kier alpha value is -2.25. The SMILES string of the molecule is CC(C)c1ncsc1C(=O)NCC(O)C(=O)OCc1ccccc1. The molecule has 2 aromatic rings. The summed E-state index contributed by atoms with van der Waals surface area (Å²) < 4.78 is 5.02. The number of esters is 1. The number of rotatable bonds is 7. The smallest absolute Gasteiger partial charge is 0.337 e. The maximum absolute atomic E-state index is 12.1. The Kier molecular flexibility index (Phi) is 6.45. The standard InChI is InChI=1S/C17H20N2O4S/c1-11(2)14-15(24-10-19-14)16(21)18-8-13(20)17(22)23-9-12-6-4-3-5-7-12/h3-7,10-11,13,20H,8-9H2,1-2H3,(H,18,21). The number of benzene rings is 1. The van der Waals surface area contributed by atoms with E-state index in [4.69, 9.17) is 4.74 Å². The van der Waals surface area contributed by atoms with E-state index in [1.54, 1.807) is 5.51 Å². The molecule has 0 aliphatic carbocycles. The van der Waals surface area contributed by atoms with Gasteiger partial charge in [-0.2, -0.15) is 0 Å². The lowest BCUT2D eigenvalue weighted by atomic mass is 10.1. The third kappa shape index (κ3) is 4.87. The molecule has 0 saturated heterocycles. The highest BCUT2D eigenvalue weighted by Gasteiger charge is 2.21. The van der Waals surface area contributed by atoms with Gasteiger partial charge >= 0.3 is 5.97 Å². The average molecular weight is 348 g/mol. The highest BCUT2D eigenvalue weighted by atomic mass is 32.1. The maximum atomic E-state index is 12.1. The van der Waals surface area contributed by atoms with Crippen molar-refractivity contribution in [3.63, 3.8) is 0 Å². The van der Waals surface area contributed by atoms with Gasteiger partial charge in [0, 0.05) is 0 Å². The molecular formula is C17H20N2O4S. The van der Waals surface area contributed by atoms with Crippen molar-refractivity contribution in [1.29, 1.82) is 0 Å². The molecule has 128 valence electrons. The summed E-state index contributed by atoms with van der Waals surface area (Å²) in [6.45, 7) is 3.77. The molecule has 0 fully saturated rings. The number of ether oxygens (including phenoxy) is 1. The Morgan fingerprint density at radius 1 is 1.29 bits per heavy atom. The number of aliphatic hydroxyl groups is 1. The van der Waals surface area contributed by atoms with E-state index in [1.807, 2.05) is 44.2 Å². The Bertz CT molecular complexity index is 685. The summed E-state index contributed by atoms with van der Waals surface area (Å²) in [5, 5.41) is 12.4. The minimum Gasteiger partial charge on any atom is -0.459 e. The number of nitrogens with one attached hydrogen (secondary N) is 1. The number of hydrogen-bond acceptors (Lipinski definition) is 6. The average Bonchev–Trinajstić information content (AvgIpc) is 3.08. The molecule has 0 bridgehead atoms. The molecule has 0 aliphatic heterocycles. The normalized spacial score (nSPS) is 12.0. The van der Waals surface area contributed by atoms with Gasteiger partial charge in [0.25, 0.3) is 5.91 Å². The van der Waals surface area contributed by atoms with Gasteiger partial charge in [0.2, 0.25) is 0 Å². The Balaban J connectivity index is 1.81. The van der Waals surface area contributed by atoms with Crippen LogP contribution in [0, 0.1) is 0 Å². The lowest BCUT2D eigenvalue weighted by Gasteiger charge is -2.12. The third-order valence-corrected chi connectivity index (χ3v) is 4.14. The first-order valence-corrected chi connectivity index (χ1v) is 8.47. The highest BCUT2D eigenvalue weighted by molar-refractivity contribution is 7.11. The van der Waals surface area contributed by atoms with Crippen LogP contribution in [0.15, 0.2) is 35.8 Å². The molecule has 0 saturated carbocycles. The molecule has 0 radical (unpaired) electrons. The van der Waals surface area contributed by atoms with E-state index in [0.717, 1.165) is 5.56 Å². The van der Waals surface area contributed by atoms with Crippen LogP contribution in [0.3, 0.4) is 0 Å². The first kappa shape index (κ1) is 18.1. The van der Waals surface area contributed by atoms with Crippen molar-refractivity contribution in [1.82, 2.24) is 10.3 Å². The molecule has 6 nitrogen and oxygen atoms in total. The third-order valence-electron chi connectivity index (χ3n) is 3.30. The number of aromatic nitrogens is 1. The number of nitrogens with zero attached hydrogens (tertiary/aromatic N) is 1. The van der Waals surface area contributed by atoms with Crippen molar-refractivity contribution in [2.75, 3.05) is 6.54 Å². The number of amides is 1. The van der Waals surface area contributed by atoms with E-state index >= 15 is 0 Å². The molecule has 1 amide bonds. The second-order valence-electron chi connectivity index (χ2n) is 5.54. The van der Waals surface area contributed by atoms with Gasteiger partial charge in [-0.3, -0.25) is 4.79 Å². The predicted molar refractivity (Wildman–Crippen MR) is 90.8 cm³/mol. The van der Waals surface area contributed by atoms with Crippen LogP contribution in [0.25, 0.3) is 0 Å². The van der Waals surface area contributed by atoms with Gasteiger partial charge in [-0.15, -0.1) is 11.3 Å². The zero-order chi connectivity index (χ0) is 17.5. The van der Waals surface area contributed by atoms with Crippen LogP contribution in [0.5, 0.6) is 0 Å². The molecule has 1 atom stereocenters. The molecule has 1 aromatic carbocycles. The van der Waals surface area contributed by atoms with E-state index in [9.17, 15) is 14.7 Å². The second kappa shape index (κ2) is 8.56. The van der Waals surface area contributed by atoms with Gasteiger partial charge in [0.15, 0.2) is 6.10 Å². The van der Waals surface area contributed by atoms with Crippen molar-refractivity contribution >= 4 is 23.2 Å². The zero-order valence-corrected chi connectivity index (χ0v) is 14.4. The van der Waals surface area contributed by atoms with E-state index in [0.29, 0.717) is 10.6 Å². The summed E-state index contributed by atoms with van der Waals surface area (Å²) in [4.78, 5) is 28.6. The number of aliphatic hydroxyl groups excluding tert-OH is 1. The van der Waals surface area contributed by atoms with Gasteiger partial charge < -0.3 is 15.2 Å². The van der Waals surface area contributed by atoms with E-state index < -0.39 is 12.1 Å². The van der Waals surface area contributed by atoms with Crippen LogP contribution < -0.4 is 5.32 Å². The molecule has 2 rings (SSSR count). The van der Waals surface area contributed by atoms with E-state index in [2.05, 4.69) is 10.3 Å². The van der Waals surface area contributed by atoms with E-state index in [-0.39, 0.29) is 25.0 Å². The first-order chi connectivity index (χ1) is 11.5. The first-order valence-electron chi connectivity index (χ1n) is 7.59. The number of carbonyl (C=O) groups excluding carboxylic acids is 2. The molecule has 2 N–H and O–H groups in total. The topological polar surface area (TPSA) is 88.5 Å². The van der Waals surface area contributed by atoms with Crippen LogP contribution in [0.2, 0.25) is 0 Å². The molecule has 0 spiro atoms. The van der Waals surface area contributed by atoms with Crippen molar-refractivity contribution in [2.45, 2.75) is 32.5 Å². The second-order valence-corrected chi connectivity index (χ2v) is 6.40. The summed E-state index contributed by atoms with van der Waals surface area (Å²) in [6.07, 6.45) is -1.41. The maximum Gasteiger partial charge on any atom is 0.337 e. The molecule has 7 heteroatoms. The highest BCUT2D eigenvalue weighted by Crippen LogP contribution is 2.21. The van der Waals surface area contributed by atoms with Crippen molar-refractivity contribution in [3.05, 3.63) is 52.0 Å². The van der Waals surface area contributed by atoms with Gasteiger partial charge in [-0.05, 0) is 11.5 Å².